The lowest BCUT2D eigenvalue weighted by molar-refractivity contribution is 0.0422. The number of morpholine rings is 1. The van der Waals surface area contributed by atoms with Gasteiger partial charge >= 0.3 is 0 Å². The van der Waals surface area contributed by atoms with Gasteiger partial charge in [0.05, 0.1) is 24.3 Å². The van der Waals surface area contributed by atoms with Crippen LogP contribution in [0.1, 0.15) is 5.56 Å². The number of rotatable bonds is 3. The summed E-state index contributed by atoms with van der Waals surface area (Å²) in [7, 11) is 1.93. The van der Waals surface area contributed by atoms with E-state index in [1.54, 1.807) is 0 Å². The predicted molar refractivity (Wildman–Crippen MR) is 74.7 cm³/mol. The quantitative estimate of drug-likeness (QED) is 0.924. The molecular weight excluding hydrogens is 294 g/mol. The molecule has 1 N–H and O–H groups in total. The van der Waals surface area contributed by atoms with Gasteiger partial charge in [-0.05, 0) is 25.2 Å². The Hall–Kier alpha value is -1.09. The highest BCUT2D eigenvalue weighted by atomic mass is 79.9. The summed E-state index contributed by atoms with van der Waals surface area (Å²) in [5.74, 6) is 0. The van der Waals surface area contributed by atoms with E-state index < -0.39 is 0 Å². The van der Waals surface area contributed by atoms with Gasteiger partial charge in [-0.1, -0.05) is 15.9 Å². The van der Waals surface area contributed by atoms with Crippen molar-refractivity contribution < 1.29 is 4.74 Å². The first-order valence-electron chi connectivity index (χ1n) is 5.95. The molecule has 1 heterocycles. The van der Waals surface area contributed by atoms with Crippen molar-refractivity contribution in [3.05, 3.63) is 28.2 Å². The molecule has 1 aromatic carbocycles. The van der Waals surface area contributed by atoms with Crippen molar-refractivity contribution in [3.8, 4) is 6.07 Å². The molecule has 0 aliphatic carbocycles. The minimum Gasteiger partial charge on any atom is -0.373 e. The lowest BCUT2D eigenvalue weighted by Gasteiger charge is -2.34. The van der Waals surface area contributed by atoms with Crippen LogP contribution in [-0.4, -0.2) is 39.4 Å². The molecule has 0 saturated carbocycles. The van der Waals surface area contributed by atoms with Crippen LogP contribution in [0.3, 0.4) is 0 Å². The van der Waals surface area contributed by atoms with Gasteiger partial charge < -0.3 is 15.0 Å². The van der Waals surface area contributed by atoms with Crippen LogP contribution in [0.5, 0.6) is 0 Å². The Kier molecular flexibility index (Phi) is 4.59. The van der Waals surface area contributed by atoms with Crippen LogP contribution in [-0.2, 0) is 4.74 Å². The zero-order chi connectivity index (χ0) is 13.0. The fraction of sp³-hybridized carbons (Fsp3) is 0.462. The Morgan fingerprint density at radius 1 is 1.56 bits per heavy atom. The molecule has 4 nitrogen and oxygen atoms in total. The minimum atomic E-state index is 0.202. The number of halogens is 1. The first-order chi connectivity index (χ1) is 8.72. The molecule has 1 aliphatic heterocycles. The van der Waals surface area contributed by atoms with E-state index >= 15 is 0 Å². The fourth-order valence-corrected chi connectivity index (χ4v) is 2.61. The van der Waals surface area contributed by atoms with Crippen molar-refractivity contribution in [2.75, 3.05) is 38.2 Å². The third-order valence-electron chi connectivity index (χ3n) is 2.95. The van der Waals surface area contributed by atoms with Crippen LogP contribution >= 0.6 is 15.9 Å². The number of nitrogens with one attached hydrogen (secondary N) is 1. The molecule has 0 spiro atoms. The van der Waals surface area contributed by atoms with Gasteiger partial charge in [0.15, 0.2) is 0 Å². The topological polar surface area (TPSA) is 48.3 Å². The van der Waals surface area contributed by atoms with E-state index in [4.69, 9.17) is 10.00 Å². The van der Waals surface area contributed by atoms with Gasteiger partial charge in [0, 0.05) is 29.8 Å². The van der Waals surface area contributed by atoms with Crippen molar-refractivity contribution in [3.63, 3.8) is 0 Å². The Morgan fingerprint density at radius 3 is 3.11 bits per heavy atom. The highest BCUT2D eigenvalue weighted by Gasteiger charge is 2.20. The molecule has 96 valence electrons. The number of likely N-dealkylation sites (N-methyl/N-ethyl adjacent to an activating group) is 1. The second-order valence-electron chi connectivity index (χ2n) is 4.31. The highest BCUT2D eigenvalue weighted by Crippen LogP contribution is 2.24. The van der Waals surface area contributed by atoms with Gasteiger partial charge in [0.1, 0.15) is 0 Å². The summed E-state index contributed by atoms with van der Waals surface area (Å²) in [4.78, 5) is 2.26. The monoisotopic (exact) mass is 309 g/mol. The zero-order valence-corrected chi connectivity index (χ0v) is 11.9. The van der Waals surface area contributed by atoms with E-state index in [0.717, 1.165) is 36.4 Å². The number of nitriles is 1. The van der Waals surface area contributed by atoms with Gasteiger partial charge in [-0.3, -0.25) is 0 Å². The average Bonchev–Trinajstić information content (AvgIpc) is 2.39. The molecule has 1 unspecified atom stereocenters. The van der Waals surface area contributed by atoms with Gasteiger partial charge in [-0.2, -0.15) is 5.26 Å². The SMILES string of the molecule is CNCC1CN(c2cc(Br)cc(C#N)c2)CCO1. The van der Waals surface area contributed by atoms with E-state index in [9.17, 15) is 0 Å². The van der Waals surface area contributed by atoms with Crippen molar-refractivity contribution in [2.24, 2.45) is 0 Å². The number of nitrogens with zero attached hydrogens (tertiary/aromatic N) is 2. The summed E-state index contributed by atoms with van der Waals surface area (Å²) in [6, 6.07) is 7.98. The van der Waals surface area contributed by atoms with Crippen molar-refractivity contribution in [2.45, 2.75) is 6.10 Å². The molecule has 1 atom stereocenters. The summed E-state index contributed by atoms with van der Waals surface area (Å²) in [6.07, 6.45) is 0.202. The first-order valence-corrected chi connectivity index (χ1v) is 6.74. The van der Waals surface area contributed by atoms with Crippen molar-refractivity contribution in [1.82, 2.24) is 5.32 Å². The summed E-state index contributed by atoms with van der Waals surface area (Å²) >= 11 is 3.44. The molecule has 1 saturated heterocycles. The van der Waals surface area contributed by atoms with E-state index in [2.05, 4.69) is 32.2 Å². The van der Waals surface area contributed by atoms with E-state index in [0.29, 0.717) is 5.56 Å². The van der Waals surface area contributed by atoms with Gasteiger partial charge in [-0.25, -0.2) is 0 Å². The molecule has 0 radical (unpaired) electrons. The lowest BCUT2D eigenvalue weighted by Crippen LogP contribution is -2.46. The number of ether oxygens (including phenoxy) is 1. The number of hydrogen-bond acceptors (Lipinski definition) is 4. The largest absolute Gasteiger partial charge is 0.373 e. The van der Waals surface area contributed by atoms with E-state index in [1.807, 2.05) is 25.2 Å². The Morgan fingerprint density at radius 2 is 2.39 bits per heavy atom. The van der Waals surface area contributed by atoms with Crippen molar-refractivity contribution in [1.29, 1.82) is 5.26 Å². The molecule has 0 aromatic heterocycles. The molecule has 1 aromatic rings. The number of anilines is 1. The maximum atomic E-state index is 9.00. The fourth-order valence-electron chi connectivity index (χ4n) is 2.13. The standard InChI is InChI=1S/C13H16BrN3O/c1-16-8-13-9-17(2-3-18-13)12-5-10(7-15)4-11(14)6-12/h4-6,13,16H,2-3,8-9H2,1H3. The maximum Gasteiger partial charge on any atom is 0.0992 e. The molecule has 1 aliphatic rings. The molecule has 2 rings (SSSR count). The van der Waals surface area contributed by atoms with Crippen LogP contribution in [0, 0.1) is 11.3 Å². The van der Waals surface area contributed by atoms with Crippen LogP contribution < -0.4 is 10.2 Å². The van der Waals surface area contributed by atoms with Crippen LogP contribution in [0.15, 0.2) is 22.7 Å². The second-order valence-corrected chi connectivity index (χ2v) is 5.22. The number of benzene rings is 1. The second kappa shape index (κ2) is 6.19. The van der Waals surface area contributed by atoms with Crippen LogP contribution in [0.2, 0.25) is 0 Å². The molecule has 0 amide bonds. The summed E-state index contributed by atoms with van der Waals surface area (Å²) in [5.41, 5.74) is 1.75. The van der Waals surface area contributed by atoms with Crippen molar-refractivity contribution >= 4 is 21.6 Å². The maximum absolute atomic E-state index is 9.00. The molecule has 5 heteroatoms. The highest BCUT2D eigenvalue weighted by molar-refractivity contribution is 9.10. The smallest absolute Gasteiger partial charge is 0.0992 e. The Balaban J connectivity index is 2.15. The third-order valence-corrected chi connectivity index (χ3v) is 3.41. The van der Waals surface area contributed by atoms with Crippen LogP contribution in [0.25, 0.3) is 0 Å². The molecule has 1 fully saturated rings. The van der Waals surface area contributed by atoms with E-state index in [1.165, 1.54) is 0 Å². The lowest BCUT2D eigenvalue weighted by atomic mass is 10.1. The van der Waals surface area contributed by atoms with Gasteiger partial charge in [0.2, 0.25) is 0 Å². The van der Waals surface area contributed by atoms with Gasteiger partial charge in [-0.15, -0.1) is 0 Å². The number of hydrogen-bond donors (Lipinski definition) is 1. The Labute approximate surface area is 116 Å². The molecular formula is C13H16BrN3O. The summed E-state index contributed by atoms with van der Waals surface area (Å²) in [6.45, 7) is 3.28. The average molecular weight is 310 g/mol. The molecule has 0 bridgehead atoms. The summed E-state index contributed by atoms with van der Waals surface area (Å²) < 4.78 is 6.61. The normalized spacial score (nSPS) is 19.6. The van der Waals surface area contributed by atoms with Crippen LogP contribution in [0.4, 0.5) is 5.69 Å². The zero-order valence-electron chi connectivity index (χ0n) is 10.3. The Bertz CT molecular complexity index is 456. The summed E-state index contributed by atoms with van der Waals surface area (Å²) in [5, 5.41) is 12.1. The first kappa shape index (κ1) is 13.3. The van der Waals surface area contributed by atoms with Gasteiger partial charge in [0.25, 0.3) is 0 Å². The minimum absolute atomic E-state index is 0.202. The molecule has 18 heavy (non-hydrogen) atoms. The van der Waals surface area contributed by atoms with E-state index in [-0.39, 0.29) is 6.10 Å². The third kappa shape index (κ3) is 3.22. The predicted octanol–water partition coefficient (Wildman–Crippen LogP) is 1.75.